The zero-order chi connectivity index (χ0) is 33.9. The van der Waals surface area contributed by atoms with Crippen LogP contribution < -0.4 is 16.0 Å². The molecule has 0 radical (unpaired) electrons. The molecule has 3 unspecified atom stereocenters. The Morgan fingerprint density at radius 3 is 2.35 bits per heavy atom. The van der Waals surface area contributed by atoms with Crippen LogP contribution in [0.15, 0.2) is 42.5 Å². The summed E-state index contributed by atoms with van der Waals surface area (Å²) in [7, 11) is 1.23. The van der Waals surface area contributed by atoms with Crippen molar-refractivity contribution in [2.24, 2.45) is 5.41 Å². The Morgan fingerprint density at radius 2 is 1.76 bits per heavy atom. The van der Waals surface area contributed by atoms with Gasteiger partial charge in [-0.05, 0) is 68.4 Å². The Hall–Kier alpha value is -3.70. The number of carbonyl (C=O) groups is 3. The molecule has 250 valence electrons. The number of hydrogen-bond acceptors (Lipinski definition) is 6. The molecule has 10 nitrogen and oxygen atoms in total. The summed E-state index contributed by atoms with van der Waals surface area (Å²) in [6.07, 6.45) is 0.0644. The summed E-state index contributed by atoms with van der Waals surface area (Å²) in [5.41, 5.74) is -0.982. The van der Waals surface area contributed by atoms with Crippen LogP contribution in [-0.4, -0.2) is 66.5 Å². The second-order valence-corrected chi connectivity index (χ2v) is 13.8. The molecule has 0 saturated carbocycles. The van der Waals surface area contributed by atoms with Crippen molar-refractivity contribution in [3.05, 3.63) is 64.4 Å². The van der Waals surface area contributed by atoms with Crippen LogP contribution in [0.4, 0.5) is 9.18 Å². The minimum Gasteiger partial charge on any atom is -0.453 e. The molecule has 12 heteroatoms. The minimum atomic E-state index is -1.85. The van der Waals surface area contributed by atoms with Gasteiger partial charge in [-0.25, -0.2) is 14.2 Å². The number of imidazole rings is 1. The van der Waals surface area contributed by atoms with Crippen LogP contribution in [0.1, 0.15) is 83.3 Å². The third-order valence-corrected chi connectivity index (χ3v) is 9.00. The zero-order valence-corrected chi connectivity index (χ0v) is 28.3. The number of carbonyl (C=O) groups excluding carboxylic acids is 3. The van der Waals surface area contributed by atoms with E-state index in [-0.39, 0.29) is 11.8 Å². The summed E-state index contributed by atoms with van der Waals surface area (Å²) in [5.74, 6) is -1.16. The average Bonchev–Trinajstić information content (AvgIpc) is 3.43. The van der Waals surface area contributed by atoms with E-state index in [1.54, 1.807) is 30.3 Å². The Balaban J connectivity index is 1.80. The SMILES string of the molecule is CCNC(=O)C(NC(=O)C1(c2ccc3nc(C(NC(=O)OC)C(c4ccccc4Cl)C(C)(C)F)[nH]c3c2)CCOCC1)C(C)(C)C. The second-order valence-electron chi connectivity index (χ2n) is 13.4. The van der Waals surface area contributed by atoms with Gasteiger partial charge >= 0.3 is 6.09 Å². The maximum Gasteiger partial charge on any atom is 0.407 e. The lowest BCUT2D eigenvalue weighted by molar-refractivity contribution is -0.137. The number of H-pyrrole nitrogens is 1. The summed E-state index contributed by atoms with van der Waals surface area (Å²) in [4.78, 5) is 47.8. The monoisotopic (exact) mass is 657 g/mol. The first-order valence-corrected chi connectivity index (χ1v) is 15.9. The number of halogens is 2. The lowest BCUT2D eigenvalue weighted by Gasteiger charge is -2.39. The molecule has 1 saturated heterocycles. The summed E-state index contributed by atoms with van der Waals surface area (Å²) >= 11 is 6.54. The van der Waals surface area contributed by atoms with Gasteiger partial charge in [0.15, 0.2) is 0 Å². The minimum absolute atomic E-state index is 0.243. The molecule has 1 aliphatic heterocycles. The molecule has 2 aromatic carbocycles. The predicted molar refractivity (Wildman–Crippen MR) is 176 cm³/mol. The van der Waals surface area contributed by atoms with Crippen molar-refractivity contribution in [2.45, 2.75) is 83.5 Å². The fraction of sp³-hybridized carbons (Fsp3) is 0.529. The van der Waals surface area contributed by atoms with Gasteiger partial charge in [0.05, 0.1) is 23.6 Å². The zero-order valence-electron chi connectivity index (χ0n) is 27.6. The van der Waals surface area contributed by atoms with Crippen LogP contribution in [0.5, 0.6) is 0 Å². The van der Waals surface area contributed by atoms with Crippen molar-refractivity contribution >= 4 is 40.5 Å². The number of fused-ring (bicyclic) bond motifs is 1. The Morgan fingerprint density at radius 1 is 1.09 bits per heavy atom. The lowest BCUT2D eigenvalue weighted by Crippen LogP contribution is -2.58. The molecule has 2 heterocycles. The van der Waals surface area contributed by atoms with E-state index in [1.807, 2.05) is 39.8 Å². The van der Waals surface area contributed by atoms with E-state index in [4.69, 9.17) is 26.1 Å². The highest BCUT2D eigenvalue weighted by atomic mass is 35.5. The molecule has 3 amide bonds. The van der Waals surface area contributed by atoms with Crippen molar-refractivity contribution in [1.29, 1.82) is 0 Å². The number of benzene rings is 2. The van der Waals surface area contributed by atoms with Crippen LogP contribution in [0.3, 0.4) is 0 Å². The molecule has 1 fully saturated rings. The van der Waals surface area contributed by atoms with Gasteiger partial charge in [0, 0.05) is 30.7 Å². The molecule has 3 atom stereocenters. The fourth-order valence-electron chi connectivity index (χ4n) is 6.23. The van der Waals surface area contributed by atoms with Crippen LogP contribution in [0, 0.1) is 5.41 Å². The van der Waals surface area contributed by atoms with Gasteiger partial charge in [-0.15, -0.1) is 0 Å². The van der Waals surface area contributed by atoms with Gasteiger partial charge in [-0.3, -0.25) is 9.59 Å². The van der Waals surface area contributed by atoms with Crippen molar-refractivity contribution < 1.29 is 28.2 Å². The molecule has 1 aliphatic rings. The van der Waals surface area contributed by atoms with Crippen LogP contribution in [-0.2, 0) is 24.5 Å². The first kappa shape index (κ1) is 35.2. The van der Waals surface area contributed by atoms with Gasteiger partial charge in [0.2, 0.25) is 11.8 Å². The van der Waals surface area contributed by atoms with Gasteiger partial charge in [-0.2, -0.15) is 0 Å². The number of rotatable bonds is 10. The first-order chi connectivity index (χ1) is 21.6. The first-order valence-electron chi connectivity index (χ1n) is 15.6. The predicted octanol–water partition coefficient (Wildman–Crippen LogP) is 5.86. The molecule has 0 spiro atoms. The summed E-state index contributed by atoms with van der Waals surface area (Å²) in [6, 6.07) is 10.7. The fourth-order valence-corrected chi connectivity index (χ4v) is 6.48. The van der Waals surface area contributed by atoms with Crippen molar-refractivity contribution in [3.63, 3.8) is 0 Å². The number of nitrogens with zero attached hydrogens (tertiary/aromatic N) is 1. The van der Waals surface area contributed by atoms with Crippen molar-refractivity contribution in [3.8, 4) is 0 Å². The van der Waals surface area contributed by atoms with Crippen molar-refractivity contribution in [1.82, 2.24) is 25.9 Å². The number of likely N-dealkylation sites (N-methyl/N-ethyl adjacent to an activating group) is 1. The Labute approximate surface area is 274 Å². The number of hydrogen-bond donors (Lipinski definition) is 4. The number of aromatic nitrogens is 2. The third kappa shape index (κ3) is 7.47. The van der Waals surface area contributed by atoms with E-state index in [1.165, 1.54) is 21.0 Å². The van der Waals surface area contributed by atoms with Crippen LogP contribution in [0.25, 0.3) is 11.0 Å². The van der Waals surface area contributed by atoms with E-state index in [2.05, 4.69) is 20.9 Å². The number of ether oxygens (including phenoxy) is 2. The van der Waals surface area contributed by atoms with E-state index >= 15 is 4.39 Å². The average molecular weight is 658 g/mol. The van der Waals surface area contributed by atoms with Gasteiger partial charge in [-0.1, -0.05) is 56.6 Å². The normalized spacial score (nSPS) is 17.1. The van der Waals surface area contributed by atoms with Gasteiger partial charge in [0.25, 0.3) is 0 Å². The molecular formula is C34H45ClFN5O5. The Kier molecular flexibility index (Phi) is 10.7. The third-order valence-electron chi connectivity index (χ3n) is 8.65. The molecule has 3 aromatic rings. The topological polar surface area (TPSA) is 134 Å². The van der Waals surface area contributed by atoms with Crippen LogP contribution in [0.2, 0.25) is 5.02 Å². The number of aromatic amines is 1. The number of alkyl halides is 1. The number of amides is 3. The molecule has 46 heavy (non-hydrogen) atoms. The summed E-state index contributed by atoms with van der Waals surface area (Å²) in [6.45, 7) is 11.6. The van der Waals surface area contributed by atoms with E-state index in [9.17, 15) is 14.4 Å². The maximum absolute atomic E-state index is 16.0. The molecular weight excluding hydrogens is 613 g/mol. The largest absolute Gasteiger partial charge is 0.453 e. The molecule has 4 rings (SSSR count). The number of nitrogens with one attached hydrogen (secondary N) is 4. The highest BCUT2D eigenvalue weighted by Gasteiger charge is 2.45. The van der Waals surface area contributed by atoms with Gasteiger partial charge < -0.3 is 30.4 Å². The molecule has 1 aromatic heterocycles. The number of alkyl carbamates (subject to hydrolysis) is 1. The molecule has 4 N–H and O–H groups in total. The highest BCUT2D eigenvalue weighted by molar-refractivity contribution is 6.31. The maximum atomic E-state index is 16.0. The molecule has 0 bridgehead atoms. The summed E-state index contributed by atoms with van der Waals surface area (Å²) < 4.78 is 26.6. The highest BCUT2D eigenvalue weighted by Crippen LogP contribution is 2.44. The lowest BCUT2D eigenvalue weighted by atomic mass is 9.72. The van der Waals surface area contributed by atoms with Crippen molar-refractivity contribution in [2.75, 3.05) is 26.9 Å². The summed E-state index contributed by atoms with van der Waals surface area (Å²) in [5, 5.41) is 9.01. The Bertz CT molecular complexity index is 1560. The van der Waals surface area contributed by atoms with E-state index in [0.717, 1.165) is 5.56 Å². The number of methoxy groups -OCH3 is 1. The quantitative estimate of drug-likeness (QED) is 0.216. The van der Waals surface area contributed by atoms with E-state index < -0.39 is 40.6 Å². The van der Waals surface area contributed by atoms with E-state index in [0.29, 0.717) is 60.0 Å². The van der Waals surface area contributed by atoms with Gasteiger partial charge in [0.1, 0.15) is 23.6 Å². The standard InChI is InChI=1S/C34H45ClFN5O5/c1-8-37-29(42)27(32(2,3)4)41-30(43)34(15-17-46-18-16-34)20-13-14-23-24(19-20)39-28(38-23)26(40-31(44)45-7)25(33(5,6)36)21-11-9-10-12-22(21)35/h9-14,19,25-27H,8,15-18H2,1-7H3,(H,37,42)(H,38,39)(H,40,44)(H,41,43). The molecule has 0 aliphatic carbocycles. The smallest absolute Gasteiger partial charge is 0.407 e. The second kappa shape index (κ2) is 14.0. The van der Waals surface area contributed by atoms with Crippen LogP contribution >= 0.6 is 11.6 Å².